The zero-order valence-electron chi connectivity index (χ0n) is 30.2. The number of aromatic nitrogens is 1. The lowest BCUT2D eigenvalue weighted by Crippen LogP contribution is -2.59. The van der Waals surface area contributed by atoms with E-state index in [9.17, 15) is 29.1 Å². The van der Waals surface area contributed by atoms with Crippen molar-refractivity contribution in [2.75, 3.05) is 6.54 Å². The van der Waals surface area contributed by atoms with Gasteiger partial charge in [-0.25, -0.2) is 4.79 Å². The monoisotopic (exact) mass is 725 g/mol. The number of hydrogen-bond donors (Lipinski definition) is 8. The van der Waals surface area contributed by atoms with Crippen LogP contribution in [0.3, 0.4) is 0 Å². The molecular weight excluding hydrogens is 674 g/mol. The van der Waals surface area contributed by atoms with Crippen LogP contribution in [-0.4, -0.2) is 76.4 Å². The van der Waals surface area contributed by atoms with Gasteiger partial charge in [0.2, 0.25) is 23.6 Å². The molecule has 0 aliphatic rings. The van der Waals surface area contributed by atoms with Crippen LogP contribution in [0.25, 0.3) is 10.9 Å². The minimum atomic E-state index is -1.28. The van der Waals surface area contributed by atoms with Gasteiger partial charge in [0.15, 0.2) is 0 Å². The van der Waals surface area contributed by atoms with Gasteiger partial charge in [-0.3, -0.25) is 19.2 Å². The second-order valence-electron chi connectivity index (χ2n) is 13.6. The number of H-pyrrole nitrogens is 1. The maximum Gasteiger partial charge on any atom is 0.326 e. The highest BCUT2D eigenvalue weighted by atomic mass is 16.4. The predicted octanol–water partition coefficient (Wildman–Crippen LogP) is 2.33. The van der Waals surface area contributed by atoms with E-state index in [1.165, 1.54) is 0 Å². The highest BCUT2D eigenvalue weighted by molar-refractivity contribution is 5.96. The van der Waals surface area contributed by atoms with Gasteiger partial charge in [0, 0.05) is 36.4 Å². The molecule has 53 heavy (non-hydrogen) atoms. The van der Waals surface area contributed by atoms with Crippen molar-refractivity contribution in [1.82, 2.24) is 26.3 Å². The lowest BCUT2D eigenvalue weighted by molar-refractivity contribution is -0.142. The van der Waals surface area contributed by atoms with E-state index in [2.05, 4.69) is 26.3 Å². The summed E-state index contributed by atoms with van der Waals surface area (Å²) in [6.07, 6.45) is 3.30. The van der Waals surface area contributed by atoms with Crippen molar-refractivity contribution in [2.45, 2.75) is 82.6 Å². The van der Waals surface area contributed by atoms with E-state index in [0.29, 0.717) is 24.9 Å². The normalized spacial score (nSPS) is 14.1. The number of fused-ring (bicyclic) bond motifs is 1. The number of aliphatic carboxylic acids is 1. The third-order valence-electron chi connectivity index (χ3n) is 9.15. The van der Waals surface area contributed by atoms with E-state index in [1.807, 2.05) is 48.5 Å². The maximum atomic E-state index is 14.2. The van der Waals surface area contributed by atoms with Crippen LogP contribution in [-0.2, 0) is 43.2 Å². The molecule has 0 fully saturated rings. The van der Waals surface area contributed by atoms with Crippen molar-refractivity contribution in [3.63, 3.8) is 0 Å². The second kappa shape index (κ2) is 19.9. The standard InChI is InChI=1S/C40H51N7O6/c1-25(2)35(42)39(51)44-31(19-11-12-20-41)36(48)45-32(21-26-13-5-3-6-14-26)37(49)46-33(23-28-24-43-30-18-10-9-17-29(28)30)38(50)47-34(40(52)53)22-27-15-7-4-8-16-27/h3-10,13-18,24-25,31-35,43H,11-12,19-23,41-42H2,1-2H3,(H,44,51)(H,45,48)(H,46,49)(H,47,50)(H,52,53)/t31-,32-,33-,34-,35-/m0/s1. The van der Waals surface area contributed by atoms with Gasteiger partial charge in [-0.15, -0.1) is 0 Å². The third kappa shape index (κ3) is 12.0. The maximum absolute atomic E-state index is 14.2. The summed E-state index contributed by atoms with van der Waals surface area (Å²) in [5.41, 5.74) is 14.8. The van der Waals surface area contributed by atoms with Gasteiger partial charge in [0.05, 0.1) is 6.04 Å². The van der Waals surface area contributed by atoms with E-state index in [-0.39, 0.29) is 31.6 Å². The average Bonchev–Trinajstić information content (AvgIpc) is 3.56. The minimum absolute atomic E-state index is 0.0239. The molecule has 5 atom stereocenters. The van der Waals surface area contributed by atoms with Gasteiger partial charge in [-0.05, 0) is 54.5 Å². The molecule has 3 aromatic carbocycles. The molecule has 1 heterocycles. The number of benzene rings is 3. The first-order valence-electron chi connectivity index (χ1n) is 18.0. The minimum Gasteiger partial charge on any atom is -0.480 e. The first-order chi connectivity index (χ1) is 25.5. The van der Waals surface area contributed by atoms with Crippen molar-refractivity contribution < 1.29 is 29.1 Å². The van der Waals surface area contributed by atoms with Crippen LogP contribution in [0.4, 0.5) is 0 Å². The zero-order valence-corrected chi connectivity index (χ0v) is 30.2. The summed E-state index contributed by atoms with van der Waals surface area (Å²) in [6, 6.07) is 20.0. The molecule has 13 nitrogen and oxygen atoms in total. The molecular formula is C40H51N7O6. The summed E-state index contributed by atoms with van der Waals surface area (Å²) >= 11 is 0. The van der Waals surface area contributed by atoms with Crippen molar-refractivity contribution in [3.8, 4) is 0 Å². The van der Waals surface area contributed by atoms with Gasteiger partial charge < -0.3 is 42.8 Å². The number of amides is 4. The number of nitrogens with two attached hydrogens (primary N) is 2. The Labute approximate surface area is 309 Å². The summed E-state index contributed by atoms with van der Waals surface area (Å²) < 4.78 is 0. The Hall–Kier alpha value is -5.53. The molecule has 1 aromatic heterocycles. The predicted molar refractivity (Wildman–Crippen MR) is 203 cm³/mol. The number of carbonyl (C=O) groups is 5. The van der Waals surface area contributed by atoms with Crippen molar-refractivity contribution in [1.29, 1.82) is 0 Å². The summed E-state index contributed by atoms with van der Waals surface area (Å²) in [5, 5.41) is 21.9. The van der Waals surface area contributed by atoms with Gasteiger partial charge >= 0.3 is 5.97 Å². The Morgan fingerprint density at radius 2 is 1.13 bits per heavy atom. The number of hydrogen-bond acceptors (Lipinski definition) is 7. The average molecular weight is 726 g/mol. The molecule has 282 valence electrons. The number of carboxylic acids is 1. The molecule has 0 bridgehead atoms. The molecule has 0 saturated heterocycles. The fourth-order valence-electron chi connectivity index (χ4n) is 5.99. The molecule has 0 unspecified atom stereocenters. The van der Waals surface area contributed by atoms with E-state index < -0.39 is 59.8 Å². The third-order valence-corrected chi connectivity index (χ3v) is 9.15. The fraction of sp³-hybridized carbons (Fsp3) is 0.375. The lowest BCUT2D eigenvalue weighted by atomic mass is 10.00. The first-order valence-corrected chi connectivity index (χ1v) is 18.0. The smallest absolute Gasteiger partial charge is 0.326 e. The number of unbranched alkanes of at least 4 members (excludes halogenated alkanes) is 1. The van der Waals surface area contributed by atoms with Crippen LogP contribution >= 0.6 is 0 Å². The van der Waals surface area contributed by atoms with E-state index >= 15 is 0 Å². The van der Waals surface area contributed by atoms with Crippen LogP contribution < -0.4 is 32.7 Å². The molecule has 13 heteroatoms. The number of carbonyl (C=O) groups excluding carboxylic acids is 4. The summed E-state index contributed by atoms with van der Waals surface area (Å²) in [4.78, 5) is 70.5. The Morgan fingerprint density at radius 1 is 0.642 bits per heavy atom. The molecule has 4 rings (SSSR count). The number of aromatic amines is 1. The second-order valence-corrected chi connectivity index (χ2v) is 13.6. The highest BCUT2D eigenvalue weighted by Gasteiger charge is 2.33. The number of para-hydroxylation sites is 1. The van der Waals surface area contributed by atoms with Crippen molar-refractivity contribution in [3.05, 3.63) is 108 Å². The van der Waals surface area contributed by atoms with Crippen LogP contribution in [0.2, 0.25) is 0 Å². The molecule has 0 radical (unpaired) electrons. The molecule has 4 aromatic rings. The zero-order chi connectivity index (χ0) is 38.3. The fourth-order valence-corrected chi connectivity index (χ4v) is 5.99. The molecule has 10 N–H and O–H groups in total. The van der Waals surface area contributed by atoms with E-state index in [4.69, 9.17) is 11.5 Å². The molecule has 0 aliphatic heterocycles. The number of rotatable bonds is 20. The Bertz CT molecular complexity index is 1810. The summed E-state index contributed by atoms with van der Waals surface area (Å²) in [6.45, 7) is 4.01. The van der Waals surface area contributed by atoms with Gasteiger partial charge in [-0.1, -0.05) is 92.7 Å². The van der Waals surface area contributed by atoms with Gasteiger partial charge in [-0.2, -0.15) is 0 Å². The molecule has 0 saturated carbocycles. The van der Waals surface area contributed by atoms with Crippen LogP contribution in [0.1, 0.15) is 49.8 Å². The Morgan fingerprint density at radius 3 is 1.70 bits per heavy atom. The SMILES string of the molecule is CC(C)[C@H](N)C(=O)N[C@@H](CCCCN)C(=O)N[C@@H](Cc1ccccc1)C(=O)N[C@@H](Cc1c[nH]c2ccccc12)C(=O)N[C@@H](Cc1ccccc1)C(=O)O. The van der Waals surface area contributed by atoms with E-state index in [0.717, 1.165) is 22.0 Å². The first kappa shape index (κ1) is 40.2. The van der Waals surface area contributed by atoms with Crippen molar-refractivity contribution >= 4 is 40.5 Å². The van der Waals surface area contributed by atoms with Gasteiger partial charge in [0.25, 0.3) is 0 Å². The highest BCUT2D eigenvalue weighted by Crippen LogP contribution is 2.20. The van der Waals surface area contributed by atoms with Crippen LogP contribution in [0, 0.1) is 5.92 Å². The largest absolute Gasteiger partial charge is 0.480 e. The molecule has 0 spiro atoms. The van der Waals surface area contributed by atoms with Crippen LogP contribution in [0.15, 0.2) is 91.1 Å². The summed E-state index contributed by atoms with van der Waals surface area (Å²) in [5.74, 6) is -3.85. The quantitative estimate of drug-likeness (QED) is 0.0631. The Kier molecular flexibility index (Phi) is 15.1. The molecule has 4 amide bonds. The number of carboxylic acid groups (broad SMARTS) is 1. The molecule has 0 aliphatic carbocycles. The van der Waals surface area contributed by atoms with E-state index in [1.54, 1.807) is 56.4 Å². The Balaban J connectivity index is 1.63. The lowest BCUT2D eigenvalue weighted by Gasteiger charge is -2.27. The topological polar surface area (TPSA) is 222 Å². The van der Waals surface area contributed by atoms with Crippen LogP contribution in [0.5, 0.6) is 0 Å². The number of nitrogens with one attached hydrogen (secondary N) is 5. The van der Waals surface area contributed by atoms with Crippen molar-refractivity contribution in [2.24, 2.45) is 17.4 Å². The summed E-state index contributed by atoms with van der Waals surface area (Å²) in [7, 11) is 0. The van der Waals surface area contributed by atoms with Gasteiger partial charge in [0.1, 0.15) is 24.2 Å².